The summed E-state index contributed by atoms with van der Waals surface area (Å²) in [7, 11) is 0. The van der Waals surface area contributed by atoms with E-state index >= 15 is 0 Å². The van der Waals surface area contributed by atoms with E-state index in [2.05, 4.69) is 0 Å². The van der Waals surface area contributed by atoms with Crippen LogP contribution in [0.25, 0.3) is 0 Å². The van der Waals surface area contributed by atoms with Crippen LogP contribution in [0.15, 0.2) is 30.0 Å². The number of hydrogen-bond acceptors (Lipinski definition) is 2. The molecule has 4 heteroatoms. The fourth-order valence-electron chi connectivity index (χ4n) is 1.77. The highest BCUT2D eigenvalue weighted by atomic mass is 35.5. The third kappa shape index (κ3) is 2.20. The van der Waals surface area contributed by atoms with Crippen molar-refractivity contribution >= 4 is 11.6 Å². The maximum absolute atomic E-state index is 13.3. The van der Waals surface area contributed by atoms with Crippen LogP contribution in [0.2, 0.25) is 5.02 Å². The summed E-state index contributed by atoms with van der Waals surface area (Å²) in [5.74, 6) is -0.438. The molecule has 86 valence electrons. The molecular weight excluding hydrogens is 229 g/mol. The Balaban J connectivity index is 2.29. The highest BCUT2D eigenvalue weighted by Crippen LogP contribution is 2.31. The van der Waals surface area contributed by atoms with Crippen LogP contribution >= 0.6 is 11.6 Å². The smallest absolute Gasteiger partial charge is 0.142 e. The molecule has 2 N–H and O–H groups in total. The molecule has 0 saturated carbocycles. The molecule has 0 radical (unpaired) electrons. The third-order valence-corrected chi connectivity index (χ3v) is 3.08. The first-order valence-electron chi connectivity index (χ1n) is 5.20. The van der Waals surface area contributed by atoms with E-state index in [1.807, 2.05) is 0 Å². The zero-order valence-corrected chi connectivity index (χ0v) is 9.51. The van der Waals surface area contributed by atoms with Gasteiger partial charge in [0.2, 0.25) is 0 Å². The average molecular weight is 242 g/mol. The Morgan fingerprint density at radius 2 is 2.25 bits per heavy atom. The predicted octanol–water partition coefficient (Wildman–Crippen LogP) is 3.17. The van der Waals surface area contributed by atoms with Crippen LogP contribution in [0.5, 0.6) is 0 Å². The van der Waals surface area contributed by atoms with Gasteiger partial charge in [-0.1, -0.05) is 23.7 Å². The van der Waals surface area contributed by atoms with Gasteiger partial charge in [-0.05, 0) is 30.0 Å². The Bertz CT molecular complexity index is 419. The second-order valence-electron chi connectivity index (χ2n) is 3.79. The van der Waals surface area contributed by atoms with Crippen molar-refractivity contribution in [3.63, 3.8) is 0 Å². The fourth-order valence-corrected chi connectivity index (χ4v) is 2.02. The van der Waals surface area contributed by atoms with Gasteiger partial charge in [-0.2, -0.15) is 0 Å². The minimum Gasteiger partial charge on any atom is -0.501 e. The summed E-state index contributed by atoms with van der Waals surface area (Å²) in [5.41, 5.74) is 7.61. The van der Waals surface area contributed by atoms with Crippen molar-refractivity contribution in [2.75, 3.05) is 6.61 Å². The van der Waals surface area contributed by atoms with E-state index in [1.165, 1.54) is 6.07 Å². The summed E-state index contributed by atoms with van der Waals surface area (Å²) >= 11 is 5.88. The molecule has 16 heavy (non-hydrogen) atoms. The summed E-state index contributed by atoms with van der Waals surface area (Å²) in [5, 5.41) is 0.0986. The van der Waals surface area contributed by atoms with Gasteiger partial charge in [-0.15, -0.1) is 0 Å². The average Bonchev–Trinajstić information content (AvgIpc) is 2.33. The van der Waals surface area contributed by atoms with Gasteiger partial charge in [0.25, 0.3) is 0 Å². The first kappa shape index (κ1) is 11.4. The Hall–Kier alpha value is -1.06. The van der Waals surface area contributed by atoms with Crippen LogP contribution < -0.4 is 5.73 Å². The lowest BCUT2D eigenvalue weighted by molar-refractivity contribution is 0.221. The lowest BCUT2D eigenvalue weighted by Crippen LogP contribution is -2.17. The zero-order valence-electron chi connectivity index (χ0n) is 8.75. The van der Waals surface area contributed by atoms with Crippen molar-refractivity contribution in [2.24, 2.45) is 5.73 Å². The first-order chi connectivity index (χ1) is 7.70. The number of halogens is 2. The SMILES string of the molecule is NC(C1=COCCC1)c1cccc(F)c1Cl. The number of benzene rings is 1. The van der Waals surface area contributed by atoms with Gasteiger partial charge in [0, 0.05) is 0 Å². The van der Waals surface area contributed by atoms with Gasteiger partial charge in [-0.3, -0.25) is 0 Å². The van der Waals surface area contributed by atoms with Gasteiger partial charge >= 0.3 is 0 Å². The largest absolute Gasteiger partial charge is 0.501 e. The van der Waals surface area contributed by atoms with E-state index in [1.54, 1.807) is 18.4 Å². The molecule has 0 aromatic heterocycles. The van der Waals surface area contributed by atoms with Gasteiger partial charge in [0.15, 0.2) is 0 Å². The topological polar surface area (TPSA) is 35.2 Å². The highest BCUT2D eigenvalue weighted by molar-refractivity contribution is 6.31. The van der Waals surface area contributed by atoms with E-state index in [-0.39, 0.29) is 11.1 Å². The molecule has 0 saturated heterocycles. The molecule has 1 aromatic carbocycles. The molecule has 0 amide bonds. The molecule has 1 aliphatic rings. The van der Waals surface area contributed by atoms with E-state index in [0.29, 0.717) is 12.2 Å². The minimum atomic E-state index is -0.438. The van der Waals surface area contributed by atoms with Crippen molar-refractivity contribution in [1.29, 1.82) is 0 Å². The third-order valence-electron chi connectivity index (χ3n) is 2.68. The van der Waals surface area contributed by atoms with Crippen LogP contribution in [0.1, 0.15) is 24.4 Å². The zero-order chi connectivity index (χ0) is 11.5. The molecule has 1 unspecified atom stereocenters. The quantitative estimate of drug-likeness (QED) is 0.863. The number of ether oxygens (including phenoxy) is 1. The monoisotopic (exact) mass is 241 g/mol. The van der Waals surface area contributed by atoms with Crippen LogP contribution in [-0.4, -0.2) is 6.61 Å². The van der Waals surface area contributed by atoms with Crippen LogP contribution in [0.3, 0.4) is 0 Å². The Morgan fingerprint density at radius 3 is 2.94 bits per heavy atom. The molecule has 1 heterocycles. The van der Waals surface area contributed by atoms with Crippen molar-refractivity contribution in [3.8, 4) is 0 Å². The first-order valence-corrected chi connectivity index (χ1v) is 5.58. The van der Waals surface area contributed by atoms with Crippen LogP contribution in [-0.2, 0) is 4.74 Å². The molecule has 1 aromatic rings. The maximum atomic E-state index is 13.3. The predicted molar refractivity (Wildman–Crippen MR) is 61.6 cm³/mol. The summed E-state index contributed by atoms with van der Waals surface area (Å²) in [6.45, 7) is 0.715. The second kappa shape index (κ2) is 4.85. The van der Waals surface area contributed by atoms with Crippen molar-refractivity contribution < 1.29 is 9.13 Å². The fraction of sp³-hybridized carbons (Fsp3) is 0.333. The maximum Gasteiger partial charge on any atom is 0.142 e. The summed E-state index contributed by atoms with van der Waals surface area (Å²) in [6, 6.07) is 4.29. The molecule has 0 aliphatic carbocycles. The molecule has 0 bridgehead atoms. The standard InChI is InChI=1S/C12H13ClFNO/c13-11-9(4-1-5-10(11)14)12(15)8-3-2-6-16-7-8/h1,4-5,7,12H,2-3,6,15H2. The van der Waals surface area contributed by atoms with Gasteiger partial charge in [-0.25, -0.2) is 4.39 Å². The van der Waals surface area contributed by atoms with E-state index in [0.717, 1.165) is 18.4 Å². The van der Waals surface area contributed by atoms with Gasteiger partial charge in [0.05, 0.1) is 23.9 Å². The van der Waals surface area contributed by atoms with E-state index in [9.17, 15) is 4.39 Å². The lowest BCUT2D eigenvalue weighted by Gasteiger charge is -2.20. The number of nitrogens with two attached hydrogens (primary N) is 1. The van der Waals surface area contributed by atoms with Crippen LogP contribution in [0, 0.1) is 5.82 Å². The summed E-state index contributed by atoms with van der Waals surface area (Å²) in [4.78, 5) is 0. The number of rotatable bonds is 2. The minimum absolute atomic E-state index is 0.0986. The Kier molecular flexibility index (Phi) is 3.46. The van der Waals surface area contributed by atoms with Gasteiger partial charge in [0.1, 0.15) is 5.82 Å². The lowest BCUT2D eigenvalue weighted by atomic mass is 9.96. The van der Waals surface area contributed by atoms with Crippen molar-refractivity contribution in [1.82, 2.24) is 0 Å². The normalized spacial score (nSPS) is 17.6. The molecule has 2 nitrogen and oxygen atoms in total. The van der Waals surface area contributed by atoms with Gasteiger partial charge < -0.3 is 10.5 Å². The molecule has 1 aliphatic heterocycles. The molecule has 0 fully saturated rings. The van der Waals surface area contributed by atoms with E-state index < -0.39 is 5.82 Å². The molecule has 0 spiro atoms. The highest BCUT2D eigenvalue weighted by Gasteiger charge is 2.18. The van der Waals surface area contributed by atoms with Crippen molar-refractivity contribution in [3.05, 3.63) is 46.4 Å². The summed E-state index contributed by atoms with van der Waals surface area (Å²) in [6.07, 6.45) is 3.47. The molecular formula is C12H13ClFNO. The van der Waals surface area contributed by atoms with Crippen LogP contribution in [0.4, 0.5) is 4.39 Å². The number of hydrogen-bond donors (Lipinski definition) is 1. The Morgan fingerprint density at radius 1 is 1.44 bits per heavy atom. The second-order valence-corrected chi connectivity index (χ2v) is 4.17. The Labute approximate surface area is 98.8 Å². The summed E-state index contributed by atoms with van der Waals surface area (Å²) < 4.78 is 18.5. The molecule has 2 rings (SSSR count). The van der Waals surface area contributed by atoms with E-state index in [4.69, 9.17) is 22.1 Å². The van der Waals surface area contributed by atoms with Crippen molar-refractivity contribution in [2.45, 2.75) is 18.9 Å². The molecule has 1 atom stereocenters.